The Morgan fingerprint density at radius 1 is 0.282 bits per heavy atom. The van der Waals surface area contributed by atoms with Crippen LogP contribution in [0.15, 0.2) is 194 Å². The van der Waals surface area contributed by atoms with E-state index in [0.717, 1.165) is 116 Å². The molecule has 0 aromatic heterocycles. The molecule has 0 radical (unpaired) electrons. The Morgan fingerprint density at radius 3 is 0.789 bits per heavy atom. The Bertz CT molecular complexity index is 1780. The molecule has 0 spiro atoms. The van der Waals surface area contributed by atoms with Gasteiger partial charge in [-0.1, -0.05) is 215 Å². The number of hydrogen-bond donors (Lipinski definition) is 0. The van der Waals surface area contributed by atoms with Gasteiger partial charge in [-0.05, 0) is 135 Å². The van der Waals surface area contributed by atoms with E-state index < -0.39 is 18.0 Å². The Balaban J connectivity index is 4.73. The molecule has 0 N–H and O–H groups in total. The lowest BCUT2D eigenvalue weighted by Crippen LogP contribution is -2.30. The van der Waals surface area contributed by atoms with Gasteiger partial charge in [-0.25, -0.2) is 0 Å². The van der Waals surface area contributed by atoms with E-state index in [1.54, 1.807) is 0 Å². The molecule has 0 aromatic carbocycles. The van der Waals surface area contributed by atoms with Crippen molar-refractivity contribution in [2.45, 2.75) is 181 Å². The van der Waals surface area contributed by atoms with Crippen molar-refractivity contribution in [1.29, 1.82) is 0 Å². The summed E-state index contributed by atoms with van der Waals surface area (Å²) < 4.78 is 16.6. The monoisotopic (exact) mass is 971 g/mol. The smallest absolute Gasteiger partial charge is 0.306 e. The Labute approximate surface area is 433 Å². The topological polar surface area (TPSA) is 78.9 Å². The number of unbranched alkanes of at least 4 members (excludes halogenated alkanes) is 2. The second-order valence-corrected chi connectivity index (χ2v) is 16.6. The fraction of sp³-hybridized carbons (Fsp3) is 0.462. The number of carbonyl (C=O) groups excluding carboxylic acids is 3. The van der Waals surface area contributed by atoms with Crippen molar-refractivity contribution in [3.63, 3.8) is 0 Å². The molecule has 0 aliphatic heterocycles. The zero-order valence-electron chi connectivity index (χ0n) is 44.4. The summed E-state index contributed by atoms with van der Waals surface area (Å²) in [5.74, 6) is -1.18. The summed E-state index contributed by atoms with van der Waals surface area (Å²) in [5.41, 5.74) is 0. The first kappa shape index (κ1) is 65.2. The van der Waals surface area contributed by atoms with Crippen molar-refractivity contribution >= 4 is 17.9 Å². The molecule has 0 aliphatic carbocycles. The number of hydrogen-bond acceptors (Lipinski definition) is 6. The van der Waals surface area contributed by atoms with Gasteiger partial charge in [0.2, 0.25) is 0 Å². The first-order chi connectivity index (χ1) is 35.0. The molecule has 0 unspecified atom stereocenters. The van der Waals surface area contributed by atoms with Crippen molar-refractivity contribution in [2.24, 2.45) is 0 Å². The van der Waals surface area contributed by atoms with Crippen LogP contribution in [0.25, 0.3) is 0 Å². The van der Waals surface area contributed by atoms with Crippen LogP contribution in [0.3, 0.4) is 0 Å². The van der Waals surface area contributed by atoms with Gasteiger partial charge in [0.05, 0.1) is 0 Å². The largest absolute Gasteiger partial charge is 0.462 e. The van der Waals surface area contributed by atoms with Crippen LogP contribution in [0.1, 0.15) is 175 Å². The number of carbonyl (C=O) groups is 3. The van der Waals surface area contributed by atoms with E-state index in [1.165, 1.54) is 0 Å². The van der Waals surface area contributed by atoms with Crippen molar-refractivity contribution in [2.75, 3.05) is 13.2 Å². The lowest BCUT2D eigenvalue weighted by atomic mass is 10.2. The average Bonchev–Trinajstić information content (AvgIpc) is 3.37. The van der Waals surface area contributed by atoms with Gasteiger partial charge in [-0.3, -0.25) is 14.4 Å². The first-order valence-electron chi connectivity index (χ1n) is 26.9. The fourth-order valence-corrected chi connectivity index (χ4v) is 6.18. The van der Waals surface area contributed by atoms with Crippen molar-refractivity contribution in [3.05, 3.63) is 194 Å². The third kappa shape index (κ3) is 55.1. The molecule has 6 heteroatoms. The van der Waals surface area contributed by atoms with Crippen LogP contribution in [0.2, 0.25) is 0 Å². The highest BCUT2D eigenvalue weighted by atomic mass is 16.6. The van der Waals surface area contributed by atoms with Gasteiger partial charge in [0.25, 0.3) is 0 Å². The Hall–Kier alpha value is -5.75. The number of allylic oxidation sites excluding steroid dienone is 32. The van der Waals surface area contributed by atoms with E-state index in [2.05, 4.69) is 203 Å². The fourth-order valence-electron chi connectivity index (χ4n) is 6.18. The van der Waals surface area contributed by atoms with Gasteiger partial charge >= 0.3 is 17.9 Å². The summed E-state index contributed by atoms with van der Waals surface area (Å²) in [7, 11) is 0. The molecule has 0 aromatic rings. The van der Waals surface area contributed by atoms with Crippen LogP contribution in [0.4, 0.5) is 0 Å². The van der Waals surface area contributed by atoms with E-state index in [0.29, 0.717) is 19.3 Å². The second-order valence-electron chi connectivity index (χ2n) is 16.6. The third-order valence-corrected chi connectivity index (χ3v) is 10.1. The van der Waals surface area contributed by atoms with Crippen molar-refractivity contribution < 1.29 is 28.6 Å². The summed E-state index contributed by atoms with van der Waals surface area (Å²) in [4.78, 5) is 38.0. The molecule has 0 heterocycles. The van der Waals surface area contributed by atoms with Gasteiger partial charge in [0.15, 0.2) is 6.10 Å². The lowest BCUT2D eigenvalue weighted by molar-refractivity contribution is -0.166. The predicted octanol–water partition coefficient (Wildman–Crippen LogP) is 18.3. The molecule has 0 amide bonds. The molecule has 0 aliphatic rings. The van der Waals surface area contributed by atoms with Crippen LogP contribution < -0.4 is 0 Å². The molecular formula is C65H94O6. The van der Waals surface area contributed by atoms with Gasteiger partial charge in [0, 0.05) is 19.3 Å². The minimum Gasteiger partial charge on any atom is -0.462 e. The van der Waals surface area contributed by atoms with E-state index in [-0.39, 0.29) is 38.4 Å². The molecule has 0 bridgehead atoms. The highest BCUT2D eigenvalue weighted by Crippen LogP contribution is 2.08. The van der Waals surface area contributed by atoms with Gasteiger partial charge in [0.1, 0.15) is 13.2 Å². The standard InChI is InChI=1S/C65H94O6/c1-4-7-10-13-16-19-22-25-28-31-32-35-37-40-43-46-49-52-55-58-64(67)70-61-62(71-65(68)59-56-53-50-47-44-41-38-34-30-27-24-21-18-15-12-9-6-3)60-69-63(66)57-54-51-48-45-42-39-36-33-29-26-23-20-17-14-11-8-5-2/h7-12,16-21,25-30,32,35-36,38-41,43,45,47-50,52,62H,4-6,13-15,22-24,31,33-34,37,42,44,46,51,53-61H2,1-3H3/b10-7-,11-8-,12-9-,19-16-,20-17-,21-18-,28-25-,29-26-,30-27-,35-32-,39-36-,41-38-,43-40-,48-45-,50-47-,52-49-/t62-/m0/s1. The summed E-state index contributed by atoms with van der Waals surface area (Å²) in [6, 6.07) is 0. The molecular weight excluding hydrogens is 877 g/mol. The molecule has 0 saturated heterocycles. The van der Waals surface area contributed by atoms with Gasteiger partial charge in [-0.2, -0.15) is 0 Å². The molecule has 0 rings (SSSR count). The van der Waals surface area contributed by atoms with Crippen molar-refractivity contribution in [3.8, 4) is 0 Å². The first-order valence-corrected chi connectivity index (χ1v) is 26.9. The molecule has 6 nitrogen and oxygen atoms in total. The number of ether oxygens (including phenoxy) is 3. The quantitative estimate of drug-likeness (QED) is 0.0262. The molecule has 1 atom stereocenters. The zero-order valence-corrected chi connectivity index (χ0v) is 44.4. The van der Waals surface area contributed by atoms with E-state index in [9.17, 15) is 14.4 Å². The van der Waals surface area contributed by atoms with Crippen molar-refractivity contribution in [1.82, 2.24) is 0 Å². The van der Waals surface area contributed by atoms with Gasteiger partial charge in [-0.15, -0.1) is 0 Å². The van der Waals surface area contributed by atoms with Crippen LogP contribution in [0, 0.1) is 0 Å². The van der Waals surface area contributed by atoms with E-state index in [4.69, 9.17) is 14.2 Å². The predicted molar refractivity (Wildman–Crippen MR) is 306 cm³/mol. The lowest BCUT2D eigenvalue weighted by Gasteiger charge is -2.18. The molecule has 390 valence electrons. The Morgan fingerprint density at radius 2 is 0.507 bits per heavy atom. The highest BCUT2D eigenvalue weighted by molar-refractivity contribution is 5.71. The average molecular weight is 971 g/mol. The third-order valence-electron chi connectivity index (χ3n) is 10.1. The maximum atomic E-state index is 12.8. The zero-order chi connectivity index (χ0) is 51.4. The van der Waals surface area contributed by atoms with Crippen LogP contribution in [0.5, 0.6) is 0 Å². The summed E-state index contributed by atoms with van der Waals surface area (Å²) in [5, 5.41) is 0. The maximum Gasteiger partial charge on any atom is 0.306 e. The van der Waals surface area contributed by atoms with Crippen LogP contribution in [-0.2, 0) is 28.6 Å². The van der Waals surface area contributed by atoms with E-state index in [1.807, 2.05) is 12.2 Å². The summed E-state index contributed by atoms with van der Waals surface area (Å²) in [6.07, 6.45) is 87.2. The molecule has 0 fully saturated rings. The summed E-state index contributed by atoms with van der Waals surface area (Å²) >= 11 is 0. The normalized spacial score (nSPS) is 13.7. The number of esters is 3. The maximum absolute atomic E-state index is 12.8. The SMILES string of the molecule is CC/C=C\C/C=C\C/C=C\C/C=C\C/C=C\C/C=C\CCC(=O)OC[C@H](COC(=O)CCC/C=C\C/C=C\C/C=C\C/C=C\C/C=C\CC)OC(=O)CCC/C=C\C/C=C\C/C=C\C/C=C\C/C=C\CC. The van der Waals surface area contributed by atoms with Crippen LogP contribution in [-0.4, -0.2) is 37.2 Å². The number of rotatable bonds is 45. The minimum atomic E-state index is -0.874. The minimum absolute atomic E-state index is 0.165. The molecule has 0 saturated carbocycles. The summed E-state index contributed by atoms with van der Waals surface area (Å²) in [6.45, 7) is 6.10. The molecule has 71 heavy (non-hydrogen) atoms. The second kappa shape index (κ2) is 56.8. The highest BCUT2D eigenvalue weighted by Gasteiger charge is 2.19. The van der Waals surface area contributed by atoms with Crippen LogP contribution >= 0.6 is 0 Å². The van der Waals surface area contributed by atoms with Gasteiger partial charge < -0.3 is 14.2 Å². The Kier molecular flexibility index (Phi) is 52.2. The van der Waals surface area contributed by atoms with E-state index >= 15 is 0 Å².